The molecular formula is C24H26Cl2N4O4S. The van der Waals surface area contributed by atoms with E-state index in [0.717, 1.165) is 0 Å². The number of nitrogens with zero attached hydrogens (tertiary/aromatic N) is 4. The van der Waals surface area contributed by atoms with Gasteiger partial charge in [0.15, 0.2) is 0 Å². The van der Waals surface area contributed by atoms with Gasteiger partial charge in [0, 0.05) is 61.3 Å². The molecule has 2 aromatic rings. The highest BCUT2D eigenvalue weighted by atomic mass is 35.5. The highest BCUT2D eigenvalue weighted by Gasteiger charge is 2.25. The molecule has 0 aromatic heterocycles. The number of hydrogen-bond acceptors (Lipinski definition) is 5. The van der Waals surface area contributed by atoms with Crippen molar-refractivity contribution < 1.29 is 14.5 Å². The van der Waals surface area contributed by atoms with Crippen molar-refractivity contribution in [1.29, 1.82) is 0 Å². The minimum atomic E-state index is -0.461. The first kappa shape index (κ1) is 26.8. The van der Waals surface area contributed by atoms with Gasteiger partial charge in [0.1, 0.15) is 0 Å². The van der Waals surface area contributed by atoms with Gasteiger partial charge in [-0.05, 0) is 49.8 Å². The summed E-state index contributed by atoms with van der Waals surface area (Å²) in [7, 11) is 0. The Morgan fingerprint density at radius 2 is 1.66 bits per heavy atom. The van der Waals surface area contributed by atoms with E-state index < -0.39 is 4.92 Å². The van der Waals surface area contributed by atoms with Crippen molar-refractivity contribution in [3.63, 3.8) is 0 Å². The predicted octanol–water partition coefficient (Wildman–Crippen LogP) is 5.67. The predicted molar refractivity (Wildman–Crippen MR) is 139 cm³/mol. The number of hydrogen-bond donors (Lipinski definition) is 0. The first-order chi connectivity index (χ1) is 16.7. The van der Waals surface area contributed by atoms with Crippen molar-refractivity contribution in [3.05, 3.63) is 68.2 Å². The van der Waals surface area contributed by atoms with Crippen LogP contribution in [-0.2, 0) is 4.79 Å². The summed E-state index contributed by atoms with van der Waals surface area (Å²) in [5.41, 5.74) is 0.450. The summed E-state index contributed by atoms with van der Waals surface area (Å²) in [6.07, 6.45) is 2.97. The lowest BCUT2D eigenvalue weighted by atomic mass is 10.2. The molecule has 0 atom stereocenters. The third-order valence-corrected chi connectivity index (χ3v) is 7.41. The first-order valence-corrected chi connectivity index (χ1v) is 12.7. The molecule has 0 radical (unpaired) electrons. The normalized spacial score (nSPS) is 13.8. The zero-order chi connectivity index (χ0) is 25.5. The topological polar surface area (TPSA) is 87.0 Å². The van der Waals surface area contributed by atoms with Gasteiger partial charge in [-0.25, -0.2) is 4.79 Å². The lowest BCUT2D eigenvalue weighted by Crippen LogP contribution is -2.53. The second-order valence-corrected chi connectivity index (χ2v) is 9.69. The SMILES string of the molecule is CCN(CC)C(=O)N1CCN(C(=O)/C=C/c2ccc(Sc3ccc(Cl)cc3Cl)c([N+](=O)[O-])c2)CC1. The van der Waals surface area contributed by atoms with E-state index in [4.69, 9.17) is 23.2 Å². The van der Waals surface area contributed by atoms with Crippen LogP contribution in [0.5, 0.6) is 0 Å². The molecule has 3 amide bonds. The third-order valence-electron chi connectivity index (χ3n) is 5.61. The number of nitro groups is 1. The highest BCUT2D eigenvalue weighted by molar-refractivity contribution is 7.99. The number of amides is 3. The molecule has 11 heteroatoms. The van der Waals surface area contributed by atoms with Crippen LogP contribution in [0.25, 0.3) is 6.08 Å². The second kappa shape index (κ2) is 12.3. The van der Waals surface area contributed by atoms with E-state index in [-0.39, 0.29) is 17.6 Å². The minimum absolute atomic E-state index is 0.0113. The number of piperazine rings is 1. The van der Waals surface area contributed by atoms with E-state index in [9.17, 15) is 19.7 Å². The van der Waals surface area contributed by atoms with Crippen molar-refractivity contribution in [3.8, 4) is 0 Å². The molecule has 0 N–H and O–H groups in total. The maximum Gasteiger partial charge on any atom is 0.320 e. The molecule has 0 saturated carbocycles. The van der Waals surface area contributed by atoms with Gasteiger partial charge in [0.25, 0.3) is 5.69 Å². The Morgan fingerprint density at radius 3 is 2.26 bits per heavy atom. The van der Waals surface area contributed by atoms with E-state index in [1.165, 1.54) is 23.9 Å². The van der Waals surface area contributed by atoms with Crippen LogP contribution in [-0.4, -0.2) is 70.8 Å². The van der Waals surface area contributed by atoms with Gasteiger partial charge < -0.3 is 14.7 Å². The van der Waals surface area contributed by atoms with E-state index in [2.05, 4.69) is 0 Å². The Balaban J connectivity index is 1.65. The molecule has 3 rings (SSSR count). The molecule has 0 spiro atoms. The zero-order valence-electron chi connectivity index (χ0n) is 19.4. The summed E-state index contributed by atoms with van der Waals surface area (Å²) in [5, 5.41) is 12.6. The number of halogens is 2. The van der Waals surface area contributed by atoms with Crippen LogP contribution < -0.4 is 0 Å². The highest BCUT2D eigenvalue weighted by Crippen LogP contribution is 2.39. The van der Waals surface area contributed by atoms with Crippen molar-refractivity contribution in [2.75, 3.05) is 39.3 Å². The fourth-order valence-electron chi connectivity index (χ4n) is 3.63. The van der Waals surface area contributed by atoms with Gasteiger partial charge in [-0.3, -0.25) is 14.9 Å². The van der Waals surface area contributed by atoms with E-state index in [1.807, 2.05) is 13.8 Å². The number of benzene rings is 2. The van der Waals surface area contributed by atoms with Crippen molar-refractivity contribution in [2.45, 2.75) is 23.6 Å². The summed E-state index contributed by atoms with van der Waals surface area (Å²) >= 11 is 13.3. The fraction of sp³-hybridized carbons (Fsp3) is 0.333. The molecule has 1 aliphatic heterocycles. The largest absolute Gasteiger partial charge is 0.336 e. The first-order valence-electron chi connectivity index (χ1n) is 11.2. The quantitative estimate of drug-likeness (QED) is 0.258. The number of carbonyl (C=O) groups is 2. The summed E-state index contributed by atoms with van der Waals surface area (Å²) in [4.78, 5) is 42.6. The molecule has 2 aromatic carbocycles. The van der Waals surface area contributed by atoms with Crippen LogP contribution in [0.1, 0.15) is 19.4 Å². The summed E-state index contributed by atoms with van der Waals surface area (Å²) < 4.78 is 0. The molecule has 1 heterocycles. The van der Waals surface area contributed by atoms with Crippen LogP contribution in [0.4, 0.5) is 10.5 Å². The Hall–Kier alpha value is -2.75. The molecular weight excluding hydrogens is 511 g/mol. The number of carbonyl (C=O) groups excluding carboxylic acids is 2. The monoisotopic (exact) mass is 536 g/mol. The smallest absolute Gasteiger partial charge is 0.320 e. The lowest BCUT2D eigenvalue weighted by Gasteiger charge is -2.36. The molecule has 1 aliphatic rings. The zero-order valence-corrected chi connectivity index (χ0v) is 21.8. The van der Waals surface area contributed by atoms with Crippen molar-refractivity contribution in [1.82, 2.24) is 14.7 Å². The molecule has 0 unspecified atom stereocenters. The van der Waals surface area contributed by atoms with Gasteiger partial charge in [0.05, 0.1) is 14.8 Å². The van der Waals surface area contributed by atoms with Gasteiger partial charge in [0.2, 0.25) is 5.91 Å². The van der Waals surface area contributed by atoms with Gasteiger partial charge in [-0.15, -0.1) is 0 Å². The van der Waals surface area contributed by atoms with E-state index in [0.29, 0.717) is 64.7 Å². The van der Waals surface area contributed by atoms with Gasteiger partial charge in [-0.1, -0.05) is 41.0 Å². The van der Waals surface area contributed by atoms with Crippen LogP contribution in [0.15, 0.2) is 52.3 Å². The van der Waals surface area contributed by atoms with Crippen LogP contribution in [0, 0.1) is 10.1 Å². The van der Waals surface area contributed by atoms with Crippen LogP contribution in [0.2, 0.25) is 10.0 Å². The van der Waals surface area contributed by atoms with Crippen molar-refractivity contribution >= 4 is 58.7 Å². The number of rotatable bonds is 7. The average Bonchev–Trinajstić information content (AvgIpc) is 2.85. The molecule has 0 bridgehead atoms. The number of urea groups is 1. The van der Waals surface area contributed by atoms with Gasteiger partial charge in [-0.2, -0.15) is 0 Å². The fourth-order valence-corrected chi connectivity index (χ4v) is 5.06. The Morgan fingerprint density at radius 1 is 1.03 bits per heavy atom. The molecule has 1 saturated heterocycles. The summed E-state index contributed by atoms with van der Waals surface area (Å²) in [5.74, 6) is -0.200. The Labute approximate surface area is 218 Å². The van der Waals surface area contributed by atoms with Crippen molar-refractivity contribution in [2.24, 2.45) is 0 Å². The summed E-state index contributed by atoms with van der Waals surface area (Å²) in [6.45, 7) is 6.99. The van der Waals surface area contributed by atoms with Gasteiger partial charge >= 0.3 is 6.03 Å². The molecule has 8 nitrogen and oxygen atoms in total. The second-order valence-electron chi connectivity index (χ2n) is 7.76. The van der Waals surface area contributed by atoms with Crippen LogP contribution in [0.3, 0.4) is 0 Å². The standard InChI is InChI=1S/C24H26Cl2N4O4S/c1-3-27(4-2)24(32)29-13-11-28(12-14-29)23(31)10-6-17-5-8-22(20(15-17)30(33)34)35-21-9-7-18(25)16-19(21)26/h5-10,15-16H,3-4,11-14H2,1-2H3/b10-6+. The summed E-state index contributed by atoms with van der Waals surface area (Å²) in [6, 6.07) is 9.72. The van der Waals surface area contributed by atoms with E-state index >= 15 is 0 Å². The molecule has 0 aliphatic carbocycles. The maximum atomic E-state index is 12.6. The third kappa shape index (κ3) is 6.90. The Kier molecular flexibility index (Phi) is 9.42. The average molecular weight is 537 g/mol. The maximum absolute atomic E-state index is 12.6. The molecule has 186 valence electrons. The molecule has 35 heavy (non-hydrogen) atoms. The Bertz CT molecular complexity index is 1130. The minimum Gasteiger partial charge on any atom is -0.336 e. The van der Waals surface area contributed by atoms with E-state index in [1.54, 1.807) is 51.1 Å². The van der Waals surface area contributed by atoms with Crippen LogP contribution >= 0.6 is 35.0 Å². The number of nitro benzene ring substituents is 1. The molecule has 1 fully saturated rings. The lowest BCUT2D eigenvalue weighted by molar-refractivity contribution is -0.387.